The molecular formula is C12H22O2. The number of rotatable bonds is 4. The number of carboxylic acids is 1. The van der Waals surface area contributed by atoms with Crippen LogP contribution in [0.4, 0.5) is 0 Å². The molecule has 2 nitrogen and oxygen atoms in total. The first-order chi connectivity index (χ1) is 6.62. The summed E-state index contributed by atoms with van der Waals surface area (Å²) in [5, 5.41) is 9.13. The average molecular weight is 198 g/mol. The fraction of sp³-hybridized carbons (Fsp3) is 0.917. The Morgan fingerprint density at radius 1 is 1.36 bits per heavy atom. The van der Waals surface area contributed by atoms with E-state index in [2.05, 4.69) is 6.92 Å². The SMILES string of the molecule is CCCC1(C(C)C(=O)O)CCCCC1. The highest BCUT2D eigenvalue weighted by atomic mass is 16.4. The third-order valence-electron chi connectivity index (χ3n) is 3.89. The summed E-state index contributed by atoms with van der Waals surface area (Å²) in [6.07, 6.45) is 8.16. The molecule has 0 amide bonds. The molecule has 2 heteroatoms. The summed E-state index contributed by atoms with van der Waals surface area (Å²) >= 11 is 0. The molecule has 14 heavy (non-hydrogen) atoms. The van der Waals surface area contributed by atoms with Gasteiger partial charge in [0.1, 0.15) is 0 Å². The smallest absolute Gasteiger partial charge is 0.306 e. The van der Waals surface area contributed by atoms with E-state index in [4.69, 9.17) is 5.11 Å². The minimum atomic E-state index is -0.611. The fourth-order valence-corrected chi connectivity index (χ4v) is 2.92. The van der Waals surface area contributed by atoms with E-state index in [1.54, 1.807) is 0 Å². The maximum atomic E-state index is 11.1. The first-order valence-corrected chi connectivity index (χ1v) is 5.85. The summed E-state index contributed by atoms with van der Waals surface area (Å²) < 4.78 is 0. The molecule has 0 heterocycles. The van der Waals surface area contributed by atoms with Crippen LogP contribution in [-0.4, -0.2) is 11.1 Å². The van der Waals surface area contributed by atoms with Crippen LogP contribution >= 0.6 is 0 Å². The van der Waals surface area contributed by atoms with Crippen LogP contribution in [0.2, 0.25) is 0 Å². The minimum Gasteiger partial charge on any atom is -0.481 e. The van der Waals surface area contributed by atoms with E-state index in [1.165, 1.54) is 19.3 Å². The zero-order valence-electron chi connectivity index (χ0n) is 9.38. The van der Waals surface area contributed by atoms with Gasteiger partial charge in [0.2, 0.25) is 0 Å². The molecular weight excluding hydrogens is 176 g/mol. The Hall–Kier alpha value is -0.530. The Labute approximate surface area is 86.7 Å². The molecule has 0 aliphatic heterocycles. The monoisotopic (exact) mass is 198 g/mol. The molecule has 0 aromatic heterocycles. The van der Waals surface area contributed by atoms with Crippen molar-refractivity contribution >= 4 is 5.97 Å². The lowest BCUT2D eigenvalue weighted by Gasteiger charge is -2.40. The first-order valence-electron chi connectivity index (χ1n) is 5.85. The quantitative estimate of drug-likeness (QED) is 0.751. The Bertz CT molecular complexity index is 187. The first kappa shape index (κ1) is 11.5. The highest BCUT2D eigenvalue weighted by Gasteiger charge is 2.39. The number of hydrogen-bond acceptors (Lipinski definition) is 1. The van der Waals surface area contributed by atoms with Gasteiger partial charge in [-0.05, 0) is 24.7 Å². The molecule has 1 saturated carbocycles. The molecule has 1 unspecified atom stereocenters. The van der Waals surface area contributed by atoms with E-state index >= 15 is 0 Å². The predicted molar refractivity (Wildman–Crippen MR) is 57.2 cm³/mol. The normalized spacial score (nSPS) is 23.0. The topological polar surface area (TPSA) is 37.3 Å². The lowest BCUT2D eigenvalue weighted by Crippen LogP contribution is -2.35. The van der Waals surface area contributed by atoms with Gasteiger partial charge in [-0.25, -0.2) is 0 Å². The van der Waals surface area contributed by atoms with Crippen molar-refractivity contribution in [2.24, 2.45) is 11.3 Å². The molecule has 1 N–H and O–H groups in total. The van der Waals surface area contributed by atoms with Crippen molar-refractivity contribution in [3.63, 3.8) is 0 Å². The molecule has 0 radical (unpaired) electrons. The van der Waals surface area contributed by atoms with Crippen LogP contribution in [0.3, 0.4) is 0 Å². The van der Waals surface area contributed by atoms with Crippen molar-refractivity contribution in [3.05, 3.63) is 0 Å². The molecule has 1 aliphatic rings. The Morgan fingerprint density at radius 2 is 1.93 bits per heavy atom. The van der Waals surface area contributed by atoms with E-state index < -0.39 is 5.97 Å². The molecule has 0 aromatic carbocycles. The number of hydrogen-bond donors (Lipinski definition) is 1. The summed E-state index contributed by atoms with van der Waals surface area (Å²) in [4.78, 5) is 11.1. The Balaban J connectivity index is 2.73. The lowest BCUT2D eigenvalue weighted by atomic mass is 9.64. The van der Waals surface area contributed by atoms with Gasteiger partial charge >= 0.3 is 5.97 Å². The van der Waals surface area contributed by atoms with Crippen molar-refractivity contribution in [2.75, 3.05) is 0 Å². The van der Waals surface area contributed by atoms with Crippen molar-refractivity contribution in [3.8, 4) is 0 Å². The van der Waals surface area contributed by atoms with Gasteiger partial charge < -0.3 is 5.11 Å². The highest BCUT2D eigenvalue weighted by molar-refractivity contribution is 5.70. The van der Waals surface area contributed by atoms with E-state index in [0.717, 1.165) is 25.7 Å². The van der Waals surface area contributed by atoms with Crippen LogP contribution < -0.4 is 0 Å². The summed E-state index contributed by atoms with van der Waals surface area (Å²) in [5.41, 5.74) is 0.110. The van der Waals surface area contributed by atoms with E-state index in [1.807, 2.05) is 6.92 Å². The van der Waals surface area contributed by atoms with Gasteiger partial charge in [-0.1, -0.05) is 39.5 Å². The van der Waals surface area contributed by atoms with Crippen molar-refractivity contribution in [2.45, 2.75) is 58.8 Å². The van der Waals surface area contributed by atoms with Crippen LogP contribution in [0.15, 0.2) is 0 Å². The van der Waals surface area contributed by atoms with Gasteiger partial charge in [0.25, 0.3) is 0 Å². The van der Waals surface area contributed by atoms with Gasteiger partial charge in [0, 0.05) is 0 Å². The van der Waals surface area contributed by atoms with Crippen LogP contribution in [0.25, 0.3) is 0 Å². The van der Waals surface area contributed by atoms with Crippen LogP contribution in [0.1, 0.15) is 58.8 Å². The molecule has 1 atom stereocenters. The molecule has 0 aromatic rings. The zero-order chi connectivity index (χ0) is 10.6. The van der Waals surface area contributed by atoms with E-state index in [0.29, 0.717) is 0 Å². The molecule has 82 valence electrons. The zero-order valence-corrected chi connectivity index (χ0v) is 9.38. The molecule has 1 fully saturated rings. The Morgan fingerprint density at radius 3 is 2.36 bits per heavy atom. The van der Waals surface area contributed by atoms with Gasteiger partial charge in [-0.15, -0.1) is 0 Å². The van der Waals surface area contributed by atoms with Gasteiger partial charge in [0.15, 0.2) is 0 Å². The Kier molecular flexibility index (Phi) is 3.97. The summed E-state index contributed by atoms with van der Waals surface area (Å²) in [6.45, 7) is 4.05. The molecule has 0 spiro atoms. The van der Waals surface area contributed by atoms with Crippen molar-refractivity contribution < 1.29 is 9.90 Å². The summed E-state index contributed by atoms with van der Waals surface area (Å²) in [5.74, 6) is -0.775. The third-order valence-corrected chi connectivity index (χ3v) is 3.89. The summed E-state index contributed by atoms with van der Waals surface area (Å²) in [7, 11) is 0. The van der Waals surface area contributed by atoms with Crippen LogP contribution in [0, 0.1) is 11.3 Å². The van der Waals surface area contributed by atoms with Crippen LogP contribution in [0.5, 0.6) is 0 Å². The van der Waals surface area contributed by atoms with Gasteiger partial charge in [-0.3, -0.25) is 4.79 Å². The molecule has 0 bridgehead atoms. The van der Waals surface area contributed by atoms with Crippen molar-refractivity contribution in [1.29, 1.82) is 0 Å². The average Bonchev–Trinajstić information content (AvgIpc) is 2.18. The standard InChI is InChI=1S/C12H22O2/c1-3-7-12(10(2)11(13)14)8-5-4-6-9-12/h10H,3-9H2,1-2H3,(H,13,14). The maximum Gasteiger partial charge on any atom is 0.306 e. The van der Waals surface area contributed by atoms with E-state index in [9.17, 15) is 4.79 Å². The second kappa shape index (κ2) is 4.81. The second-order valence-corrected chi connectivity index (χ2v) is 4.73. The van der Waals surface area contributed by atoms with Gasteiger partial charge in [0.05, 0.1) is 5.92 Å². The molecule has 1 rings (SSSR count). The van der Waals surface area contributed by atoms with Crippen molar-refractivity contribution in [1.82, 2.24) is 0 Å². The minimum absolute atomic E-state index is 0.110. The summed E-state index contributed by atoms with van der Waals surface area (Å²) in [6, 6.07) is 0. The number of carboxylic acid groups (broad SMARTS) is 1. The van der Waals surface area contributed by atoms with Gasteiger partial charge in [-0.2, -0.15) is 0 Å². The fourth-order valence-electron chi connectivity index (χ4n) is 2.92. The highest BCUT2D eigenvalue weighted by Crippen LogP contribution is 2.46. The molecule has 1 aliphatic carbocycles. The lowest BCUT2D eigenvalue weighted by molar-refractivity contribution is -0.147. The molecule has 0 saturated heterocycles. The largest absolute Gasteiger partial charge is 0.481 e. The number of carbonyl (C=O) groups is 1. The van der Waals surface area contributed by atoms with Crippen LogP contribution in [-0.2, 0) is 4.79 Å². The maximum absolute atomic E-state index is 11.1. The predicted octanol–water partition coefficient (Wildman–Crippen LogP) is 3.46. The third kappa shape index (κ3) is 2.28. The number of aliphatic carboxylic acids is 1. The second-order valence-electron chi connectivity index (χ2n) is 4.73. The van der Waals surface area contributed by atoms with E-state index in [-0.39, 0.29) is 11.3 Å².